The Labute approximate surface area is 134 Å². The minimum Gasteiger partial charge on any atom is -0.478 e. The molecule has 0 aliphatic carbocycles. The van der Waals surface area contributed by atoms with Gasteiger partial charge >= 0.3 is 12.0 Å². The van der Waals surface area contributed by atoms with Gasteiger partial charge in [0.15, 0.2) is 0 Å². The molecular weight excluding hydrogens is 292 g/mol. The molecule has 5 heteroatoms. The number of anilines is 1. The highest BCUT2D eigenvalue weighted by atomic mass is 16.4. The van der Waals surface area contributed by atoms with Crippen LogP contribution in [0.4, 0.5) is 10.5 Å². The van der Waals surface area contributed by atoms with Gasteiger partial charge in [-0.2, -0.15) is 0 Å². The first-order valence-corrected chi connectivity index (χ1v) is 7.60. The molecule has 0 aromatic heterocycles. The zero-order valence-electron chi connectivity index (χ0n) is 12.7. The Balaban J connectivity index is 1.72. The van der Waals surface area contributed by atoms with Crippen molar-refractivity contribution in [3.05, 3.63) is 65.2 Å². The highest BCUT2D eigenvalue weighted by Crippen LogP contribution is 2.18. The Morgan fingerprint density at radius 2 is 1.48 bits per heavy atom. The summed E-state index contributed by atoms with van der Waals surface area (Å²) >= 11 is 0. The number of aromatic carboxylic acids is 1. The zero-order valence-corrected chi connectivity index (χ0v) is 12.7. The molecular formula is C18H18N2O3. The molecule has 118 valence electrons. The lowest BCUT2D eigenvalue weighted by molar-refractivity contribution is 0.0698. The van der Waals surface area contributed by atoms with Crippen molar-refractivity contribution in [3.63, 3.8) is 0 Å². The smallest absolute Gasteiger partial charge is 0.337 e. The van der Waals surface area contributed by atoms with E-state index in [9.17, 15) is 14.7 Å². The Kier molecular flexibility index (Phi) is 4.28. The fraction of sp³-hybridized carbons (Fsp3) is 0.222. The Morgan fingerprint density at radius 1 is 0.913 bits per heavy atom. The van der Waals surface area contributed by atoms with Crippen LogP contribution in [0, 0.1) is 0 Å². The molecule has 0 saturated heterocycles. The van der Waals surface area contributed by atoms with E-state index in [0.717, 1.165) is 12.8 Å². The van der Waals surface area contributed by atoms with Gasteiger partial charge < -0.3 is 15.3 Å². The molecule has 1 aliphatic rings. The number of hydrogen-bond donors (Lipinski definition) is 2. The number of benzene rings is 2. The maximum atomic E-state index is 12.5. The summed E-state index contributed by atoms with van der Waals surface area (Å²) in [5, 5.41) is 11.9. The van der Waals surface area contributed by atoms with E-state index in [0.29, 0.717) is 18.8 Å². The second kappa shape index (κ2) is 6.52. The SMILES string of the molecule is O=C(O)c1ccccc1NC(=O)N1CCc2ccccc2CC1. The van der Waals surface area contributed by atoms with Gasteiger partial charge in [0.25, 0.3) is 0 Å². The van der Waals surface area contributed by atoms with Crippen molar-refractivity contribution >= 4 is 17.7 Å². The third kappa shape index (κ3) is 3.34. The summed E-state index contributed by atoms with van der Waals surface area (Å²) in [6.07, 6.45) is 1.62. The lowest BCUT2D eigenvalue weighted by Gasteiger charge is -2.21. The molecule has 0 fully saturated rings. The van der Waals surface area contributed by atoms with Crippen LogP contribution >= 0.6 is 0 Å². The van der Waals surface area contributed by atoms with Crippen LogP contribution in [-0.4, -0.2) is 35.1 Å². The van der Waals surface area contributed by atoms with Gasteiger partial charge in [0.2, 0.25) is 0 Å². The first kappa shape index (κ1) is 15.1. The third-order valence-electron chi connectivity index (χ3n) is 4.11. The predicted octanol–water partition coefficient (Wildman–Crippen LogP) is 3.02. The van der Waals surface area contributed by atoms with Crippen LogP contribution in [0.25, 0.3) is 0 Å². The van der Waals surface area contributed by atoms with Crippen LogP contribution in [0.5, 0.6) is 0 Å². The summed E-state index contributed by atoms with van der Waals surface area (Å²) in [4.78, 5) is 25.4. The largest absolute Gasteiger partial charge is 0.478 e. The monoisotopic (exact) mass is 310 g/mol. The number of nitrogens with zero attached hydrogens (tertiary/aromatic N) is 1. The molecule has 3 rings (SSSR count). The molecule has 0 unspecified atom stereocenters. The number of hydrogen-bond acceptors (Lipinski definition) is 2. The van der Waals surface area contributed by atoms with Crippen molar-refractivity contribution in [2.75, 3.05) is 18.4 Å². The van der Waals surface area contributed by atoms with E-state index >= 15 is 0 Å². The van der Waals surface area contributed by atoms with E-state index in [1.165, 1.54) is 17.2 Å². The van der Waals surface area contributed by atoms with Crippen LogP contribution < -0.4 is 5.32 Å². The van der Waals surface area contributed by atoms with Crippen LogP contribution in [0.2, 0.25) is 0 Å². The molecule has 5 nitrogen and oxygen atoms in total. The van der Waals surface area contributed by atoms with Gasteiger partial charge in [-0.1, -0.05) is 36.4 Å². The second-order valence-electron chi connectivity index (χ2n) is 5.54. The average Bonchev–Trinajstić information content (AvgIpc) is 2.78. The first-order valence-electron chi connectivity index (χ1n) is 7.60. The van der Waals surface area contributed by atoms with Crippen molar-refractivity contribution in [2.24, 2.45) is 0 Å². The standard InChI is InChI=1S/C18H18N2O3/c21-17(22)15-7-3-4-8-16(15)19-18(23)20-11-9-13-5-1-2-6-14(13)10-12-20/h1-8H,9-12H2,(H,19,23)(H,21,22). The number of rotatable bonds is 2. The molecule has 2 N–H and O–H groups in total. The van der Waals surface area contributed by atoms with Gasteiger partial charge in [0.05, 0.1) is 11.3 Å². The van der Waals surface area contributed by atoms with Crippen LogP contribution in [0.3, 0.4) is 0 Å². The molecule has 0 radical (unpaired) electrons. The summed E-state index contributed by atoms with van der Waals surface area (Å²) in [5.41, 5.74) is 2.97. The van der Waals surface area contributed by atoms with E-state index < -0.39 is 5.97 Å². The second-order valence-corrected chi connectivity index (χ2v) is 5.54. The molecule has 0 bridgehead atoms. The summed E-state index contributed by atoms with van der Waals surface area (Å²) in [7, 11) is 0. The van der Waals surface area contributed by atoms with E-state index in [2.05, 4.69) is 17.4 Å². The molecule has 0 saturated carbocycles. The number of fused-ring (bicyclic) bond motifs is 1. The lowest BCUT2D eigenvalue weighted by Crippen LogP contribution is -2.37. The summed E-state index contributed by atoms with van der Waals surface area (Å²) in [6, 6.07) is 14.4. The maximum Gasteiger partial charge on any atom is 0.337 e. The summed E-state index contributed by atoms with van der Waals surface area (Å²) < 4.78 is 0. The topological polar surface area (TPSA) is 69.6 Å². The van der Waals surface area contributed by atoms with Crippen molar-refractivity contribution in [3.8, 4) is 0 Å². The number of para-hydroxylation sites is 1. The fourth-order valence-corrected chi connectivity index (χ4v) is 2.84. The van der Waals surface area contributed by atoms with Gasteiger partial charge in [-0.3, -0.25) is 0 Å². The molecule has 0 spiro atoms. The van der Waals surface area contributed by atoms with Crippen molar-refractivity contribution in [1.29, 1.82) is 0 Å². The normalized spacial score (nSPS) is 13.8. The van der Waals surface area contributed by atoms with Crippen molar-refractivity contribution < 1.29 is 14.7 Å². The first-order chi connectivity index (χ1) is 11.1. The van der Waals surface area contributed by atoms with Crippen LogP contribution in [0.15, 0.2) is 48.5 Å². The minimum atomic E-state index is -1.05. The maximum absolute atomic E-state index is 12.5. The molecule has 0 atom stereocenters. The average molecular weight is 310 g/mol. The van der Waals surface area contributed by atoms with Crippen molar-refractivity contribution in [1.82, 2.24) is 4.90 Å². The Morgan fingerprint density at radius 3 is 2.09 bits per heavy atom. The number of carboxylic acid groups (broad SMARTS) is 1. The number of carbonyl (C=O) groups is 2. The van der Waals surface area contributed by atoms with Gasteiger partial charge in [0, 0.05) is 13.1 Å². The number of carboxylic acids is 1. The highest BCUT2D eigenvalue weighted by Gasteiger charge is 2.20. The molecule has 2 amide bonds. The number of amides is 2. The van der Waals surface area contributed by atoms with Crippen LogP contribution in [0.1, 0.15) is 21.5 Å². The van der Waals surface area contributed by atoms with E-state index in [1.54, 1.807) is 23.1 Å². The molecule has 2 aromatic rings. The van der Waals surface area contributed by atoms with E-state index in [-0.39, 0.29) is 11.6 Å². The predicted molar refractivity (Wildman–Crippen MR) is 87.8 cm³/mol. The molecule has 23 heavy (non-hydrogen) atoms. The van der Waals surface area contributed by atoms with E-state index in [4.69, 9.17) is 0 Å². The van der Waals surface area contributed by atoms with Gasteiger partial charge in [-0.25, -0.2) is 9.59 Å². The molecule has 2 aromatic carbocycles. The quantitative estimate of drug-likeness (QED) is 0.896. The van der Waals surface area contributed by atoms with Crippen LogP contribution in [-0.2, 0) is 12.8 Å². The zero-order chi connectivity index (χ0) is 16.2. The van der Waals surface area contributed by atoms with Gasteiger partial charge in [0.1, 0.15) is 0 Å². The minimum absolute atomic E-state index is 0.0963. The van der Waals surface area contributed by atoms with E-state index in [1.807, 2.05) is 12.1 Å². The van der Waals surface area contributed by atoms with Gasteiger partial charge in [-0.15, -0.1) is 0 Å². The number of nitrogens with one attached hydrogen (secondary N) is 1. The molecule has 1 aliphatic heterocycles. The highest BCUT2D eigenvalue weighted by molar-refractivity contribution is 6.00. The lowest BCUT2D eigenvalue weighted by atomic mass is 10.0. The van der Waals surface area contributed by atoms with Gasteiger partial charge in [-0.05, 0) is 36.1 Å². The summed E-state index contributed by atoms with van der Waals surface area (Å²) in [6.45, 7) is 1.25. The molecule has 1 heterocycles. The number of urea groups is 1. The van der Waals surface area contributed by atoms with Crippen molar-refractivity contribution in [2.45, 2.75) is 12.8 Å². The fourth-order valence-electron chi connectivity index (χ4n) is 2.84. The number of carbonyl (C=O) groups excluding carboxylic acids is 1. The third-order valence-corrected chi connectivity index (χ3v) is 4.11. The summed E-state index contributed by atoms with van der Waals surface area (Å²) in [5.74, 6) is -1.05. The Bertz CT molecular complexity index is 716. The Hall–Kier alpha value is -2.82.